The van der Waals surface area contributed by atoms with Crippen molar-refractivity contribution in [1.29, 1.82) is 0 Å². The highest BCUT2D eigenvalue weighted by Crippen LogP contribution is 2.22. The van der Waals surface area contributed by atoms with Crippen LogP contribution in [0.2, 0.25) is 0 Å². The molecule has 0 fully saturated rings. The summed E-state index contributed by atoms with van der Waals surface area (Å²) in [5, 5.41) is 0. The van der Waals surface area contributed by atoms with Crippen LogP contribution < -0.4 is 10.5 Å². The molecule has 0 aliphatic heterocycles. The van der Waals surface area contributed by atoms with E-state index in [1.807, 2.05) is 32.9 Å². The summed E-state index contributed by atoms with van der Waals surface area (Å²) in [6.45, 7) is 10.3. The monoisotopic (exact) mass is 298 g/mol. The summed E-state index contributed by atoms with van der Waals surface area (Å²) in [6.07, 6.45) is 0. The third-order valence-corrected chi connectivity index (χ3v) is 4.92. The van der Waals surface area contributed by atoms with Gasteiger partial charge in [0.05, 0.1) is 4.90 Å². The largest absolute Gasteiger partial charge is 0.329 e. The van der Waals surface area contributed by atoms with Crippen molar-refractivity contribution < 1.29 is 8.42 Å². The molecule has 0 aliphatic carbocycles. The molecule has 0 spiro atoms. The van der Waals surface area contributed by atoms with Crippen LogP contribution in [-0.4, -0.2) is 21.0 Å². The summed E-state index contributed by atoms with van der Waals surface area (Å²) in [6, 6.07) is 6.71. The number of hydrogen-bond acceptors (Lipinski definition) is 3. The van der Waals surface area contributed by atoms with Crippen LogP contribution in [0.4, 0.5) is 0 Å². The van der Waals surface area contributed by atoms with Gasteiger partial charge in [-0.05, 0) is 29.0 Å². The maximum Gasteiger partial charge on any atom is 0.240 e. The Kier molecular flexibility index (Phi) is 5.35. The van der Waals surface area contributed by atoms with Gasteiger partial charge in [-0.15, -0.1) is 0 Å². The molecule has 0 bridgehead atoms. The summed E-state index contributed by atoms with van der Waals surface area (Å²) in [5.41, 5.74) is 6.58. The molecular weight excluding hydrogens is 272 g/mol. The molecule has 0 aromatic heterocycles. The van der Waals surface area contributed by atoms with Gasteiger partial charge in [-0.25, -0.2) is 13.1 Å². The van der Waals surface area contributed by atoms with Crippen molar-refractivity contribution in [3.63, 3.8) is 0 Å². The van der Waals surface area contributed by atoms with Crippen molar-refractivity contribution >= 4 is 10.0 Å². The molecule has 1 atom stereocenters. The lowest BCUT2D eigenvalue weighted by Crippen LogP contribution is -2.48. The van der Waals surface area contributed by atoms with Crippen LogP contribution in [0.5, 0.6) is 0 Å². The van der Waals surface area contributed by atoms with E-state index in [0.29, 0.717) is 5.92 Å². The van der Waals surface area contributed by atoms with Crippen LogP contribution in [0.25, 0.3) is 0 Å². The highest BCUT2D eigenvalue weighted by molar-refractivity contribution is 7.89. The highest BCUT2D eigenvalue weighted by Gasteiger charge is 2.28. The number of sulfonamides is 1. The zero-order valence-corrected chi connectivity index (χ0v) is 13.8. The molecule has 4 nitrogen and oxygen atoms in total. The lowest BCUT2D eigenvalue weighted by Gasteiger charge is -2.30. The Balaban J connectivity index is 2.99. The molecule has 0 saturated heterocycles. The Morgan fingerprint density at radius 1 is 1.15 bits per heavy atom. The van der Waals surface area contributed by atoms with Gasteiger partial charge >= 0.3 is 0 Å². The molecule has 0 saturated carbocycles. The fraction of sp³-hybridized carbons (Fsp3) is 0.600. The van der Waals surface area contributed by atoms with E-state index in [1.165, 1.54) is 0 Å². The van der Waals surface area contributed by atoms with Gasteiger partial charge in [0.1, 0.15) is 0 Å². The maximum atomic E-state index is 12.4. The van der Waals surface area contributed by atoms with Gasteiger partial charge in [0.25, 0.3) is 0 Å². The second-order valence-electron chi connectivity index (χ2n) is 6.50. The zero-order chi connectivity index (χ0) is 15.6. The maximum absolute atomic E-state index is 12.4. The summed E-state index contributed by atoms with van der Waals surface area (Å²) in [5.74, 6) is 0.381. The van der Waals surface area contributed by atoms with Crippen LogP contribution in [-0.2, 0) is 10.0 Å². The lowest BCUT2D eigenvalue weighted by atomic mass is 9.88. The Morgan fingerprint density at radius 3 is 2.00 bits per heavy atom. The SMILES string of the molecule is CC(C)c1ccc(S(=O)(=O)NC(CN)C(C)(C)C)cc1. The predicted molar refractivity (Wildman–Crippen MR) is 83.1 cm³/mol. The second-order valence-corrected chi connectivity index (χ2v) is 8.21. The predicted octanol–water partition coefficient (Wildman–Crippen LogP) is 2.46. The Morgan fingerprint density at radius 2 is 1.65 bits per heavy atom. The van der Waals surface area contributed by atoms with Crippen LogP contribution >= 0.6 is 0 Å². The van der Waals surface area contributed by atoms with E-state index in [2.05, 4.69) is 18.6 Å². The number of nitrogens with one attached hydrogen (secondary N) is 1. The first-order valence-corrected chi connectivity index (χ1v) is 8.38. The minimum atomic E-state index is -3.53. The molecule has 5 heteroatoms. The average molecular weight is 298 g/mol. The van der Waals surface area contributed by atoms with Crippen LogP contribution in [0, 0.1) is 5.41 Å². The summed E-state index contributed by atoms with van der Waals surface area (Å²) >= 11 is 0. The first-order chi connectivity index (χ1) is 9.08. The molecule has 1 aromatic rings. The standard InChI is InChI=1S/C15H26N2O2S/c1-11(2)12-6-8-13(9-7-12)20(18,19)17-14(10-16)15(3,4)5/h6-9,11,14,17H,10,16H2,1-5H3. The topological polar surface area (TPSA) is 72.2 Å². The second kappa shape index (κ2) is 6.24. The van der Waals surface area contributed by atoms with Crippen LogP contribution in [0.1, 0.15) is 46.1 Å². The van der Waals surface area contributed by atoms with E-state index in [-0.39, 0.29) is 22.9 Å². The molecule has 0 radical (unpaired) electrons. The van der Waals surface area contributed by atoms with E-state index in [9.17, 15) is 8.42 Å². The smallest absolute Gasteiger partial charge is 0.240 e. The van der Waals surface area contributed by atoms with E-state index >= 15 is 0 Å². The number of rotatable bonds is 5. The average Bonchev–Trinajstić information content (AvgIpc) is 2.34. The summed E-state index contributed by atoms with van der Waals surface area (Å²) in [7, 11) is -3.53. The van der Waals surface area contributed by atoms with Crippen LogP contribution in [0.3, 0.4) is 0 Å². The summed E-state index contributed by atoms with van der Waals surface area (Å²) < 4.78 is 27.4. The molecule has 1 aromatic carbocycles. The van der Waals surface area contributed by atoms with Crippen molar-refractivity contribution in [3.05, 3.63) is 29.8 Å². The molecule has 114 valence electrons. The van der Waals surface area contributed by atoms with E-state index in [0.717, 1.165) is 5.56 Å². The zero-order valence-electron chi connectivity index (χ0n) is 13.0. The highest BCUT2D eigenvalue weighted by atomic mass is 32.2. The van der Waals surface area contributed by atoms with E-state index in [4.69, 9.17) is 5.73 Å². The molecule has 0 amide bonds. The van der Waals surface area contributed by atoms with Gasteiger partial charge in [0.2, 0.25) is 10.0 Å². The van der Waals surface area contributed by atoms with Gasteiger partial charge in [-0.1, -0.05) is 46.8 Å². The van der Waals surface area contributed by atoms with Crippen molar-refractivity contribution in [2.75, 3.05) is 6.54 Å². The molecule has 3 N–H and O–H groups in total. The fourth-order valence-electron chi connectivity index (χ4n) is 1.87. The Labute approximate surface area is 122 Å². The van der Waals surface area contributed by atoms with Gasteiger partial charge in [-0.3, -0.25) is 0 Å². The van der Waals surface area contributed by atoms with Crippen molar-refractivity contribution in [2.24, 2.45) is 11.1 Å². The third kappa shape index (κ3) is 4.30. The molecule has 0 aliphatic rings. The number of benzene rings is 1. The van der Waals surface area contributed by atoms with Gasteiger partial charge in [-0.2, -0.15) is 0 Å². The lowest BCUT2D eigenvalue weighted by molar-refractivity contribution is 0.304. The minimum absolute atomic E-state index is 0.223. The third-order valence-electron chi connectivity index (χ3n) is 3.44. The minimum Gasteiger partial charge on any atom is -0.329 e. The molecule has 1 unspecified atom stereocenters. The Hall–Kier alpha value is -0.910. The van der Waals surface area contributed by atoms with Gasteiger partial charge in [0, 0.05) is 12.6 Å². The molecular formula is C15H26N2O2S. The van der Waals surface area contributed by atoms with Gasteiger partial charge < -0.3 is 5.73 Å². The Bertz CT molecular complexity index is 528. The van der Waals surface area contributed by atoms with Crippen LogP contribution in [0.15, 0.2) is 29.2 Å². The first kappa shape index (κ1) is 17.1. The molecule has 1 rings (SSSR count). The van der Waals surface area contributed by atoms with E-state index in [1.54, 1.807) is 12.1 Å². The van der Waals surface area contributed by atoms with E-state index < -0.39 is 10.0 Å². The quantitative estimate of drug-likeness (QED) is 0.877. The fourth-order valence-corrected chi connectivity index (χ4v) is 3.32. The normalized spacial score (nSPS) is 14.6. The van der Waals surface area contributed by atoms with Crippen molar-refractivity contribution in [1.82, 2.24) is 4.72 Å². The molecule has 20 heavy (non-hydrogen) atoms. The number of hydrogen-bond donors (Lipinski definition) is 2. The summed E-state index contributed by atoms with van der Waals surface area (Å²) in [4.78, 5) is 0.282. The van der Waals surface area contributed by atoms with Crippen molar-refractivity contribution in [3.8, 4) is 0 Å². The molecule has 0 heterocycles. The van der Waals surface area contributed by atoms with Crippen molar-refractivity contribution in [2.45, 2.75) is 51.5 Å². The first-order valence-electron chi connectivity index (χ1n) is 6.90. The number of nitrogens with two attached hydrogens (primary N) is 1. The van der Waals surface area contributed by atoms with Gasteiger partial charge in [0.15, 0.2) is 0 Å².